The number of carbonyl (C=O) groups is 3. The van der Waals surface area contributed by atoms with Crippen molar-refractivity contribution in [2.24, 2.45) is 0 Å². The molecule has 8 nitrogen and oxygen atoms in total. The van der Waals surface area contributed by atoms with Gasteiger partial charge in [-0.1, -0.05) is 95.9 Å². The molecule has 0 aromatic heterocycles. The van der Waals surface area contributed by atoms with Gasteiger partial charge in [0.15, 0.2) is 6.10 Å². The van der Waals surface area contributed by atoms with Crippen molar-refractivity contribution >= 4 is 17.9 Å². The van der Waals surface area contributed by atoms with E-state index in [1.54, 1.807) is 21.1 Å². The molecule has 0 amide bonds. The third-order valence-corrected chi connectivity index (χ3v) is 8.06. The van der Waals surface area contributed by atoms with Gasteiger partial charge in [-0.25, -0.2) is 0 Å². The number of likely N-dealkylation sites (N-methyl/N-ethyl adjacent to an activating group) is 1. The zero-order chi connectivity index (χ0) is 34.3. The molecule has 0 radical (unpaired) electrons. The fraction of sp³-hybridized carbons (Fsp3) is 0.816. The number of allylic oxidation sites excluding steroid dienone is 4. The summed E-state index contributed by atoms with van der Waals surface area (Å²) in [4.78, 5) is 36.5. The van der Waals surface area contributed by atoms with Crippen LogP contribution in [0.3, 0.4) is 0 Å². The van der Waals surface area contributed by atoms with Crippen molar-refractivity contribution in [3.8, 4) is 0 Å². The summed E-state index contributed by atoms with van der Waals surface area (Å²) in [5, 5.41) is 11.5. The van der Waals surface area contributed by atoms with Crippen LogP contribution in [0.25, 0.3) is 0 Å². The number of carbonyl (C=O) groups excluding carboxylic acids is 3. The molecule has 46 heavy (non-hydrogen) atoms. The lowest BCUT2D eigenvalue weighted by Crippen LogP contribution is -2.55. The van der Waals surface area contributed by atoms with Crippen molar-refractivity contribution in [1.29, 1.82) is 0 Å². The molecule has 2 unspecified atom stereocenters. The van der Waals surface area contributed by atoms with Crippen LogP contribution in [0, 0.1) is 0 Å². The number of nitrogens with zero attached hydrogens (tertiary/aromatic N) is 1. The van der Waals surface area contributed by atoms with Crippen molar-refractivity contribution < 1.29 is 38.2 Å². The summed E-state index contributed by atoms with van der Waals surface area (Å²) in [7, 11) is 5.38. The summed E-state index contributed by atoms with van der Waals surface area (Å²) >= 11 is 0. The highest BCUT2D eigenvalue weighted by Gasteiger charge is 2.25. The van der Waals surface area contributed by atoms with Crippen molar-refractivity contribution in [3.05, 3.63) is 24.3 Å². The average molecular weight is 652 g/mol. The normalized spacial score (nSPS) is 13.3. The van der Waals surface area contributed by atoms with Gasteiger partial charge < -0.3 is 28.6 Å². The molecular weight excluding hydrogens is 582 g/mol. The standard InChI is InChI=1S/C38H69NO7/c1-6-8-10-12-14-16-17-18-19-21-23-25-27-29-37(41)46-34(32-44-31-30-35(38(42)43)39(3,4)5)33-45-36(40)28-26-24-22-20-15-13-11-9-7-2/h18-20,22,34-35H,6-17,21,23-33H2,1-5H3/b19-18+,22-20+. The number of aliphatic carboxylic acids is 1. The molecule has 0 saturated heterocycles. The average Bonchev–Trinajstić information content (AvgIpc) is 3.00. The van der Waals surface area contributed by atoms with Crippen LogP contribution in [0.15, 0.2) is 24.3 Å². The van der Waals surface area contributed by atoms with Crippen LogP contribution in [-0.2, 0) is 28.6 Å². The molecular formula is C38H69NO7. The Morgan fingerprint density at radius 3 is 1.65 bits per heavy atom. The van der Waals surface area contributed by atoms with Crippen molar-refractivity contribution in [2.45, 2.75) is 161 Å². The van der Waals surface area contributed by atoms with Crippen LogP contribution in [0.1, 0.15) is 149 Å². The lowest BCUT2D eigenvalue weighted by molar-refractivity contribution is -0.889. The van der Waals surface area contributed by atoms with Crippen LogP contribution in [0.2, 0.25) is 0 Å². The lowest BCUT2D eigenvalue weighted by atomic mass is 10.1. The van der Waals surface area contributed by atoms with Gasteiger partial charge in [-0.2, -0.15) is 0 Å². The summed E-state index contributed by atoms with van der Waals surface area (Å²) in [5.74, 6) is -1.80. The Morgan fingerprint density at radius 1 is 0.630 bits per heavy atom. The zero-order valence-corrected chi connectivity index (χ0v) is 30.2. The lowest BCUT2D eigenvalue weighted by Gasteiger charge is -2.34. The molecule has 0 aromatic carbocycles. The van der Waals surface area contributed by atoms with Crippen molar-refractivity contribution in [3.63, 3.8) is 0 Å². The number of esters is 2. The van der Waals surface area contributed by atoms with Gasteiger partial charge >= 0.3 is 11.9 Å². The second kappa shape index (κ2) is 30.2. The fourth-order valence-corrected chi connectivity index (χ4v) is 5.13. The minimum atomic E-state index is -1.13. The van der Waals surface area contributed by atoms with Gasteiger partial charge in [-0.15, -0.1) is 0 Å². The van der Waals surface area contributed by atoms with Gasteiger partial charge in [0.05, 0.1) is 40.3 Å². The Hall–Kier alpha value is -2.19. The number of carboxylic acids is 1. The quantitative estimate of drug-likeness (QED) is 0.0319. The molecule has 2 atom stereocenters. The molecule has 0 aliphatic heterocycles. The van der Waals surface area contributed by atoms with Crippen LogP contribution in [0.5, 0.6) is 0 Å². The van der Waals surface area contributed by atoms with E-state index in [4.69, 9.17) is 14.2 Å². The predicted octanol–water partition coefficient (Wildman–Crippen LogP) is 7.63. The van der Waals surface area contributed by atoms with Crippen LogP contribution in [-0.4, -0.2) is 75.5 Å². The van der Waals surface area contributed by atoms with E-state index in [1.807, 2.05) is 0 Å². The summed E-state index contributed by atoms with van der Waals surface area (Å²) in [6.45, 7) is 4.55. The molecule has 0 saturated carbocycles. The first-order valence-electron chi connectivity index (χ1n) is 18.4. The van der Waals surface area contributed by atoms with E-state index in [0.29, 0.717) is 19.3 Å². The Balaban J connectivity index is 4.50. The van der Waals surface area contributed by atoms with Crippen LogP contribution >= 0.6 is 0 Å². The summed E-state index contributed by atoms with van der Waals surface area (Å²) in [6, 6.07) is -0.727. The Morgan fingerprint density at radius 2 is 1.11 bits per heavy atom. The minimum Gasteiger partial charge on any atom is -0.544 e. The van der Waals surface area contributed by atoms with Gasteiger partial charge in [-0.05, 0) is 57.8 Å². The topological polar surface area (TPSA) is 102 Å². The van der Waals surface area contributed by atoms with E-state index in [1.165, 1.54) is 64.2 Å². The molecule has 0 spiro atoms. The monoisotopic (exact) mass is 652 g/mol. The molecule has 0 N–H and O–H groups in total. The Bertz CT molecular complexity index is 818. The van der Waals surface area contributed by atoms with Gasteiger partial charge in [0.25, 0.3) is 0 Å². The summed E-state index contributed by atoms with van der Waals surface area (Å²) < 4.78 is 17.0. The third-order valence-electron chi connectivity index (χ3n) is 8.06. The highest BCUT2D eigenvalue weighted by atomic mass is 16.6. The minimum absolute atomic E-state index is 0.0279. The molecule has 0 fully saturated rings. The van der Waals surface area contributed by atoms with E-state index in [-0.39, 0.29) is 42.7 Å². The van der Waals surface area contributed by atoms with E-state index >= 15 is 0 Å². The summed E-state index contributed by atoms with van der Waals surface area (Å²) in [5.41, 5.74) is 0. The van der Waals surface area contributed by atoms with Crippen molar-refractivity contribution in [2.75, 3.05) is 41.0 Å². The third kappa shape index (κ3) is 28.1. The van der Waals surface area contributed by atoms with E-state index in [9.17, 15) is 19.5 Å². The summed E-state index contributed by atoms with van der Waals surface area (Å²) in [6.07, 6.45) is 29.3. The zero-order valence-electron chi connectivity index (χ0n) is 30.2. The van der Waals surface area contributed by atoms with Gasteiger partial charge in [0.1, 0.15) is 12.6 Å². The SMILES string of the molecule is CCCCCC/C=C/CCCC(=O)OCC(COCCC(C(=O)[O-])[N+](C)(C)C)OC(=O)CCCCC/C=C/CCCCCCCC. The predicted molar refractivity (Wildman–Crippen MR) is 185 cm³/mol. The smallest absolute Gasteiger partial charge is 0.306 e. The Labute approximate surface area is 281 Å². The number of quaternary nitrogens is 1. The molecule has 268 valence electrons. The van der Waals surface area contributed by atoms with E-state index in [0.717, 1.165) is 44.9 Å². The number of hydrogen-bond donors (Lipinski definition) is 0. The maximum Gasteiger partial charge on any atom is 0.306 e. The fourth-order valence-electron chi connectivity index (χ4n) is 5.13. The second-order valence-corrected chi connectivity index (χ2v) is 13.4. The number of carboxylic acid groups (broad SMARTS) is 1. The molecule has 0 heterocycles. The van der Waals surface area contributed by atoms with Gasteiger partial charge in [-0.3, -0.25) is 9.59 Å². The van der Waals surface area contributed by atoms with Crippen LogP contribution in [0.4, 0.5) is 0 Å². The number of rotatable bonds is 32. The van der Waals surface area contributed by atoms with Crippen LogP contribution < -0.4 is 5.11 Å². The second-order valence-electron chi connectivity index (χ2n) is 13.4. The Kier molecular flexibility index (Phi) is 28.7. The van der Waals surface area contributed by atoms with Gasteiger partial charge in [0.2, 0.25) is 0 Å². The van der Waals surface area contributed by atoms with E-state index in [2.05, 4.69) is 38.2 Å². The molecule has 0 rings (SSSR count). The number of ether oxygens (including phenoxy) is 3. The first-order chi connectivity index (χ1) is 22.1. The number of unbranched alkanes of at least 4 members (excludes halogenated alkanes) is 14. The van der Waals surface area contributed by atoms with Crippen molar-refractivity contribution in [1.82, 2.24) is 0 Å². The van der Waals surface area contributed by atoms with E-state index < -0.39 is 18.1 Å². The number of hydrogen-bond acceptors (Lipinski definition) is 7. The first-order valence-corrected chi connectivity index (χ1v) is 18.4. The molecule has 0 aliphatic carbocycles. The highest BCUT2D eigenvalue weighted by Crippen LogP contribution is 2.12. The maximum absolute atomic E-state index is 12.6. The maximum atomic E-state index is 12.6. The molecule has 0 aliphatic rings. The largest absolute Gasteiger partial charge is 0.544 e. The van der Waals surface area contributed by atoms with Gasteiger partial charge in [0, 0.05) is 19.3 Å². The highest BCUT2D eigenvalue weighted by molar-refractivity contribution is 5.70. The molecule has 0 aromatic rings. The molecule has 0 bridgehead atoms. The first kappa shape index (κ1) is 43.8. The molecule has 8 heteroatoms.